The summed E-state index contributed by atoms with van der Waals surface area (Å²) in [7, 11) is 3.12. The summed E-state index contributed by atoms with van der Waals surface area (Å²) in [6.07, 6.45) is 0.601. The van der Waals surface area contributed by atoms with E-state index in [0.717, 1.165) is 22.4 Å². The van der Waals surface area contributed by atoms with Gasteiger partial charge in [-0.25, -0.2) is 0 Å². The number of aliphatic carboxylic acids is 1. The standard InChI is InChI=1S/C22H26N2O5/c1-14-5-4-6-16(9-14)23-21(25)13-24-8-7-15-10-19(28-2)20(29-3)11-17(15)18(24)12-22(26)27/h4-6,9-11,18H,7-8,12-13H2,1-3H3,(H,23,25)(H,26,27)/t18-/m1/s1. The van der Waals surface area contributed by atoms with Gasteiger partial charge >= 0.3 is 5.97 Å². The van der Waals surface area contributed by atoms with E-state index in [1.54, 1.807) is 14.2 Å². The maximum Gasteiger partial charge on any atom is 0.305 e. The zero-order valence-corrected chi connectivity index (χ0v) is 16.9. The van der Waals surface area contributed by atoms with Crippen molar-refractivity contribution in [1.82, 2.24) is 4.90 Å². The Labute approximate surface area is 170 Å². The Morgan fingerprint density at radius 2 is 1.90 bits per heavy atom. The Morgan fingerprint density at radius 1 is 1.17 bits per heavy atom. The molecule has 0 saturated carbocycles. The Balaban J connectivity index is 1.83. The fourth-order valence-corrected chi connectivity index (χ4v) is 3.78. The molecule has 0 radical (unpaired) electrons. The highest BCUT2D eigenvalue weighted by Gasteiger charge is 2.32. The number of nitrogens with one attached hydrogen (secondary N) is 1. The highest BCUT2D eigenvalue weighted by Crippen LogP contribution is 2.39. The molecule has 0 spiro atoms. The third-order valence-electron chi connectivity index (χ3n) is 5.13. The SMILES string of the molecule is COc1cc2c(cc1OC)[C@@H](CC(=O)O)N(CC(=O)Nc1cccc(C)c1)CC2. The summed E-state index contributed by atoms with van der Waals surface area (Å²) in [6, 6.07) is 10.9. The van der Waals surface area contributed by atoms with Crippen LogP contribution in [0.2, 0.25) is 0 Å². The molecule has 2 aromatic rings. The minimum atomic E-state index is -0.915. The number of aryl methyl sites for hydroxylation is 1. The Kier molecular flexibility index (Phi) is 6.39. The third-order valence-corrected chi connectivity index (χ3v) is 5.13. The smallest absolute Gasteiger partial charge is 0.305 e. The quantitative estimate of drug-likeness (QED) is 0.745. The van der Waals surface area contributed by atoms with Crippen molar-refractivity contribution >= 4 is 17.6 Å². The molecule has 0 bridgehead atoms. The van der Waals surface area contributed by atoms with Crippen LogP contribution in [0, 0.1) is 6.92 Å². The zero-order chi connectivity index (χ0) is 21.0. The summed E-state index contributed by atoms with van der Waals surface area (Å²) < 4.78 is 10.8. The van der Waals surface area contributed by atoms with E-state index in [1.165, 1.54) is 0 Å². The Hall–Kier alpha value is -3.06. The molecule has 0 fully saturated rings. The molecule has 2 aromatic carbocycles. The van der Waals surface area contributed by atoms with Crippen LogP contribution in [-0.4, -0.2) is 49.2 Å². The van der Waals surface area contributed by atoms with E-state index in [9.17, 15) is 14.7 Å². The molecule has 29 heavy (non-hydrogen) atoms. The monoisotopic (exact) mass is 398 g/mol. The lowest BCUT2D eigenvalue weighted by Gasteiger charge is -2.36. The lowest BCUT2D eigenvalue weighted by atomic mass is 9.90. The summed E-state index contributed by atoms with van der Waals surface area (Å²) in [5.41, 5.74) is 3.66. The number of ether oxygens (including phenoxy) is 2. The molecule has 154 valence electrons. The van der Waals surface area contributed by atoms with Crippen LogP contribution in [0.3, 0.4) is 0 Å². The highest BCUT2D eigenvalue weighted by molar-refractivity contribution is 5.92. The summed E-state index contributed by atoms with van der Waals surface area (Å²) in [6.45, 7) is 2.66. The van der Waals surface area contributed by atoms with Crippen molar-refractivity contribution in [3.8, 4) is 11.5 Å². The number of carboxylic acids is 1. The molecule has 1 amide bonds. The summed E-state index contributed by atoms with van der Waals surface area (Å²) >= 11 is 0. The van der Waals surface area contributed by atoms with Gasteiger partial charge in [0.25, 0.3) is 0 Å². The number of methoxy groups -OCH3 is 2. The number of rotatable bonds is 7. The summed E-state index contributed by atoms with van der Waals surface area (Å²) in [5.74, 6) is 0.0790. The molecule has 1 heterocycles. The first-order valence-corrected chi connectivity index (χ1v) is 9.48. The van der Waals surface area contributed by atoms with Gasteiger partial charge in [-0.1, -0.05) is 12.1 Å². The van der Waals surface area contributed by atoms with Crippen LogP contribution < -0.4 is 14.8 Å². The minimum Gasteiger partial charge on any atom is -0.493 e. The molecular formula is C22H26N2O5. The lowest BCUT2D eigenvalue weighted by Crippen LogP contribution is -2.41. The number of anilines is 1. The average Bonchev–Trinajstić information content (AvgIpc) is 2.68. The van der Waals surface area contributed by atoms with E-state index in [2.05, 4.69) is 5.32 Å². The predicted molar refractivity (Wildman–Crippen MR) is 110 cm³/mol. The maximum atomic E-state index is 12.6. The van der Waals surface area contributed by atoms with E-state index < -0.39 is 12.0 Å². The summed E-state index contributed by atoms with van der Waals surface area (Å²) in [5, 5.41) is 12.3. The molecule has 0 aliphatic carbocycles. The minimum absolute atomic E-state index is 0.0970. The van der Waals surface area contributed by atoms with E-state index in [4.69, 9.17) is 9.47 Å². The van der Waals surface area contributed by atoms with Crippen LogP contribution >= 0.6 is 0 Å². The van der Waals surface area contributed by atoms with Crippen LogP contribution in [-0.2, 0) is 16.0 Å². The first kappa shape index (κ1) is 20.7. The van der Waals surface area contributed by atoms with Crippen LogP contribution in [0.4, 0.5) is 5.69 Å². The number of carboxylic acid groups (broad SMARTS) is 1. The number of fused-ring (bicyclic) bond motifs is 1. The van der Waals surface area contributed by atoms with E-state index >= 15 is 0 Å². The molecule has 7 heteroatoms. The molecule has 0 saturated heterocycles. The number of carbonyl (C=O) groups excluding carboxylic acids is 1. The second-order valence-corrected chi connectivity index (χ2v) is 7.16. The fourth-order valence-electron chi connectivity index (χ4n) is 3.78. The molecule has 1 aliphatic heterocycles. The zero-order valence-electron chi connectivity index (χ0n) is 16.9. The van der Waals surface area contributed by atoms with Gasteiger partial charge in [-0.3, -0.25) is 14.5 Å². The Morgan fingerprint density at radius 3 is 2.55 bits per heavy atom. The van der Waals surface area contributed by atoms with E-state index in [0.29, 0.717) is 24.5 Å². The number of nitrogens with zero attached hydrogens (tertiary/aromatic N) is 1. The topological polar surface area (TPSA) is 88.1 Å². The first-order valence-electron chi connectivity index (χ1n) is 9.48. The van der Waals surface area contributed by atoms with Crippen molar-refractivity contribution in [2.45, 2.75) is 25.8 Å². The molecular weight excluding hydrogens is 372 g/mol. The molecule has 1 aliphatic rings. The van der Waals surface area contributed by atoms with Gasteiger partial charge in [-0.05, 0) is 54.3 Å². The van der Waals surface area contributed by atoms with E-state index in [-0.39, 0.29) is 18.9 Å². The van der Waals surface area contributed by atoms with Crippen LogP contribution in [0.15, 0.2) is 36.4 Å². The van der Waals surface area contributed by atoms with Crippen molar-refractivity contribution in [2.24, 2.45) is 0 Å². The second kappa shape index (κ2) is 8.96. The van der Waals surface area contributed by atoms with Crippen LogP contribution in [0.5, 0.6) is 11.5 Å². The molecule has 3 rings (SSSR count). The van der Waals surface area contributed by atoms with Crippen LogP contribution in [0.1, 0.15) is 29.2 Å². The number of hydrogen-bond acceptors (Lipinski definition) is 5. The second-order valence-electron chi connectivity index (χ2n) is 7.16. The number of carbonyl (C=O) groups is 2. The maximum absolute atomic E-state index is 12.6. The van der Waals surface area contributed by atoms with Crippen molar-refractivity contribution in [3.05, 3.63) is 53.1 Å². The predicted octanol–water partition coefficient (Wildman–Crippen LogP) is 3.02. The van der Waals surface area contributed by atoms with Gasteiger partial charge in [0.1, 0.15) is 0 Å². The van der Waals surface area contributed by atoms with Gasteiger partial charge in [0.15, 0.2) is 11.5 Å². The lowest BCUT2D eigenvalue weighted by molar-refractivity contribution is -0.139. The molecule has 1 atom stereocenters. The first-order chi connectivity index (χ1) is 13.9. The normalized spacial score (nSPS) is 16.0. The van der Waals surface area contributed by atoms with Gasteiger partial charge in [0, 0.05) is 18.3 Å². The molecule has 2 N–H and O–H groups in total. The van der Waals surface area contributed by atoms with Crippen LogP contribution in [0.25, 0.3) is 0 Å². The van der Waals surface area contributed by atoms with Gasteiger partial charge in [-0.15, -0.1) is 0 Å². The van der Waals surface area contributed by atoms with Crippen molar-refractivity contribution in [1.29, 1.82) is 0 Å². The van der Waals surface area contributed by atoms with Crippen molar-refractivity contribution in [2.75, 3.05) is 32.6 Å². The summed E-state index contributed by atoms with van der Waals surface area (Å²) in [4.78, 5) is 26.1. The van der Waals surface area contributed by atoms with Gasteiger partial charge in [0.05, 0.1) is 27.2 Å². The van der Waals surface area contributed by atoms with Gasteiger partial charge in [-0.2, -0.15) is 0 Å². The van der Waals surface area contributed by atoms with Gasteiger partial charge < -0.3 is 19.9 Å². The molecule has 0 unspecified atom stereocenters. The Bertz CT molecular complexity index is 912. The average molecular weight is 398 g/mol. The number of amides is 1. The fraction of sp³-hybridized carbons (Fsp3) is 0.364. The van der Waals surface area contributed by atoms with Crippen molar-refractivity contribution in [3.63, 3.8) is 0 Å². The molecule has 0 aromatic heterocycles. The largest absolute Gasteiger partial charge is 0.493 e. The molecule has 7 nitrogen and oxygen atoms in total. The van der Waals surface area contributed by atoms with Crippen molar-refractivity contribution < 1.29 is 24.2 Å². The third kappa shape index (κ3) is 4.86. The van der Waals surface area contributed by atoms with Gasteiger partial charge in [0.2, 0.25) is 5.91 Å². The van der Waals surface area contributed by atoms with E-state index in [1.807, 2.05) is 48.2 Å². The number of benzene rings is 2. The highest BCUT2D eigenvalue weighted by atomic mass is 16.5. The number of hydrogen-bond donors (Lipinski definition) is 2.